The van der Waals surface area contributed by atoms with Crippen LogP contribution in [0, 0.1) is 0 Å². The number of methoxy groups -OCH3 is 2. The molecule has 0 heterocycles. The molecule has 3 aliphatic rings. The molecular weight excluding hydrogens is 1130 g/mol. The average Bonchev–Trinajstić information content (AvgIpc) is 0.866. The molecule has 0 unspecified atom stereocenters. The van der Waals surface area contributed by atoms with Gasteiger partial charge >= 0.3 is 0 Å². The van der Waals surface area contributed by atoms with Gasteiger partial charge in [-0.2, -0.15) is 16.8 Å². The third-order valence-corrected chi connectivity index (χ3v) is 16.0. The maximum absolute atomic E-state index is 14.3. The number of Topliss-reactive ketones (excluding diaryl/α,β-unsaturated/α-hetero) is 1. The van der Waals surface area contributed by atoms with Crippen LogP contribution in [0.4, 0.5) is 45.5 Å². The molecule has 0 aliphatic heterocycles. The largest absolute Gasteiger partial charge is 0.506 e. The maximum atomic E-state index is 14.3. The molecule has 0 atom stereocenters. The number of hydrogen-bond acceptors (Lipinski definition) is 19. The molecule has 0 amide bonds. The van der Waals surface area contributed by atoms with Crippen LogP contribution in [-0.4, -0.2) is 79.3 Å². The molecule has 1 fully saturated rings. The lowest BCUT2D eigenvalue weighted by Crippen LogP contribution is -2.23. The maximum Gasteiger partial charge on any atom is 0.296 e. The number of azo groups is 2. The summed E-state index contributed by atoms with van der Waals surface area (Å²) in [4.78, 5) is 69.6. The van der Waals surface area contributed by atoms with Gasteiger partial charge in [0.05, 0.1) is 47.8 Å². The number of anilines is 4. The summed E-state index contributed by atoms with van der Waals surface area (Å²) in [6.45, 7) is 0. The van der Waals surface area contributed by atoms with E-state index in [0.717, 1.165) is 12.1 Å². The molecule has 1 saturated carbocycles. The fourth-order valence-electron chi connectivity index (χ4n) is 10.2. The molecule has 85 heavy (non-hydrogen) atoms. The van der Waals surface area contributed by atoms with E-state index in [9.17, 15) is 60.1 Å². The zero-order chi connectivity index (χ0) is 60.1. The molecule has 8 aromatic carbocycles. The molecule has 424 valence electrons. The molecule has 3 aliphatic carbocycles. The Hall–Kier alpha value is -10.6. The molecule has 0 aromatic heterocycles. The average molecular weight is 1180 g/mol. The van der Waals surface area contributed by atoms with E-state index in [1.165, 1.54) is 87.0 Å². The van der Waals surface area contributed by atoms with E-state index in [1.54, 1.807) is 72.8 Å². The molecule has 0 saturated heterocycles. The topological polar surface area (TPSA) is 327 Å². The highest BCUT2D eigenvalue weighted by Gasteiger charge is 2.40. The molecule has 0 radical (unpaired) electrons. The van der Waals surface area contributed by atoms with Crippen LogP contribution >= 0.6 is 0 Å². The summed E-state index contributed by atoms with van der Waals surface area (Å²) in [5, 5.41) is 44.5. The van der Waals surface area contributed by atoms with Crippen molar-refractivity contribution in [3.05, 3.63) is 212 Å². The molecule has 11 rings (SSSR count). The van der Waals surface area contributed by atoms with E-state index in [0.29, 0.717) is 64.4 Å². The number of fused-ring (bicyclic) bond motifs is 4. The van der Waals surface area contributed by atoms with Crippen molar-refractivity contribution in [3.8, 4) is 23.0 Å². The van der Waals surface area contributed by atoms with Crippen LogP contribution in [-0.2, 0) is 25.0 Å². The number of ketones is 5. The Labute approximate surface area is 483 Å². The molecule has 6 N–H and O–H groups in total. The van der Waals surface area contributed by atoms with Crippen molar-refractivity contribution in [3.63, 3.8) is 0 Å². The van der Waals surface area contributed by atoms with Crippen LogP contribution in [0.3, 0.4) is 0 Å². The first kappa shape index (κ1) is 56.3. The van der Waals surface area contributed by atoms with Gasteiger partial charge in [0.2, 0.25) is 0 Å². The number of carbonyl (C=O) groups excluding carboxylic acids is 5. The predicted octanol–water partition coefficient (Wildman–Crippen LogP) is 12.7. The SMILES string of the molecule is COc1ccc(Nc2cc(S(=O)(=O)O)c(N=Nc3cc(/C=C4\CCC/C(=C\c5ccc(O)c(N=Nc6c(S(=O)(=O)O)cc(Nc7ccc(OC)cc7)c7c6C(=O)c6ccccc6C7=O)c5)C4=O)ccc3O)c3c2C(=O)c2ccccc2C3=O)cc1. The third kappa shape index (κ3) is 10.9. The highest BCUT2D eigenvalue weighted by atomic mass is 32.2. The third-order valence-electron chi connectivity index (χ3n) is 14.2. The summed E-state index contributed by atoms with van der Waals surface area (Å²) in [6, 6.07) is 34.6. The number of carbonyl (C=O) groups is 5. The number of nitrogens with one attached hydrogen (secondary N) is 2. The number of ether oxygens (including phenoxy) is 2. The fraction of sp³-hybridized carbons (Fsp3) is 0.0806. The van der Waals surface area contributed by atoms with Crippen molar-refractivity contribution in [1.29, 1.82) is 0 Å². The van der Waals surface area contributed by atoms with Gasteiger partial charge in [0.25, 0.3) is 20.2 Å². The number of allylic oxidation sites excluding steroid dienone is 2. The fourth-order valence-corrected chi connectivity index (χ4v) is 11.5. The molecule has 8 aromatic rings. The van der Waals surface area contributed by atoms with E-state index in [4.69, 9.17) is 9.47 Å². The first-order valence-electron chi connectivity index (χ1n) is 25.7. The summed E-state index contributed by atoms with van der Waals surface area (Å²) in [5.74, 6) is -3.20. The van der Waals surface area contributed by atoms with Crippen molar-refractivity contribution < 1.29 is 69.6 Å². The number of rotatable bonds is 14. The van der Waals surface area contributed by atoms with Gasteiger partial charge in [-0.3, -0.25) is 33.1 Å². The van der Waals surface area contributed by atoms with E-state index >= 15 is 0 Å². The summed E-state index contributed by atoms with van der Waals surface area (Å²) in [7, 11) is -7.48. The van der Waals surface area contributed by atoms with Crippen molar-refractivity contribution in [2.75, 3.05) is 24.9 Å². The first-order chi connectivity index (χ1) is 40.7. The van der Waals surface area contributed by atoms with Gasteiger partial charge in [0.15, 0.2) is 28.9 Å². The Morgan fingerprint density at radius 3 is 1.14 bits per heavy atom. The van der Waals surface area contributed by atoms with Crippen molar-refractivity contribution in [1.82, 2.24) is 0 Å². The van der Waals surface area contributed by atoms with Crippen LogP contribution in [0.15, 0.2) is 187 Å². The number of phenolic OH excluding ortho intramolecular Hbond substituents is 2. The molecule has 21 nitrogen and oxygen atoms in total. The highest BCUT2D eigenvalue weighted by molar-refractivity contribution is 7.86. The van der Waals surface area contributed by atoms with Gasteiger partial charge in [-0.15, -0.1) is 20.5 Å². The van der Waals surface area contributed by atoms with Gasteiger partial charge in [-0.25, -0.2) is 0 Å². The molecular formula is C62H44N6O15S2. The second-order valence-electron chi connectivity index (χ2n) is 19.5. The Bertz CT molecular complexity index is 4310. The molecule has 0 spiro atoms. The van der Waals surface area contributed by atoms with E-state index in [2.05, 4.69) is 31.1 Å². The highest BCUT2D eigenvalue weighted by Crippen LogP contribution is 2.47. The minimum Gasteiger partial charge on any atom is -0.506 e. The minimum atomic E-state index is -5.21. The van der Waals surface area contributed by atoms with Gasteiger partial charge in [0, 0.05) is 44.8 Å². The Morgan fingerprint density at radius 1 is 0.447 bits per heavy atom. The Morgan fingerprint density at radius 2 is 0.800 bits per heavy atom. The predicted molar refractivity (Wildman–Crippen MR) is 311 cm³/mol. The van der Waals surface area contributed by atoms with E-state index < -0.39 is 87.2 Å². The Balaban J connectivity index is 0.914. The summed E-state index contributed by atoms with van der Waals surface area (Å²) >= 11 is 0. The van der Waals surface area contributed by atoms with Gasteiger partial charge in [-0.1, -0.05) is 60.7 Å². The van der Waals surface area contributed by atoms with E-state index in [1.807, 2.05) is 0 Å². The summed E-state index contributed by atoms with van der Waals surface area (Å²) < 4.78 is 84.3. The standard InChI is InChI=1S/C62H44N6O15S2/c1-82-38-20-16-36(17-21-38)63-46-30-50(84(76,77)78)56(54-52(46)59(72)40-10-3-5-12-42(40)61(54)74)67-65-44-28-32(14-24-48(44)69)26-34-8-7-9-35(58(34)71)27-33-15-25-49(70)45(29-33)66-68-57-51(85(79,80)81)31-47(64-37-18-22-39(83-2)23-19-37)53-55(57)62(75)43-13-6-4-11-41(43)60(53)73/h3-6,10-31,63-64,69-70H,7-9H2,1-2H3,(H,76,77,78)(H,79,80,81)/b34-26+,35-27+,67-65?,68-66?. The van der Waals surface area contributed by atoms with Gasteiger partial charge < -0.3 is 30.3 Å². The van der Waals surface area contributed by atoms with E-state index in [-0.39, 0.29) is 61.9 Å². The molecule has 23 heteroatoms. The number of aromatic hydroxyl groups is 2. The number of nitrogens with zero attached hydrogens (tertiary/aromatic N) is 4. The van der Waals surface area contributed by atoms with Crippen molar-refractivity contribution in [2.24, 2.45) is 20.5 Å². The van der Waals surface area contributed by atoms with Gasteiger partial charge in [-0.05, 0) is 127 Å². The zero-order valence-electron chi connectivity index (χ0n) is 44.5. The number of phenols is 2. The second-order valence-corrected chi connectivity index (χ2v) is 22.3. The Kier molecular flexibility index (Phi) is 14.8. The normalized spacial score (nSPS) is 15.0. The number of benzene rings is 8. The summed E-state index contributed by atoms with van der Waals surface area (Å²) in [5.41, 5.74) is -1.65. The molecule has 0 bridgehead atoms. The van der Waals surface area contributed by atoms with Crippen LogP contribution in [0.25, 0.3) is 12.2 Å². The van der Waals surface area contributed by atoms with Crippen molar-refractivity contribution >= 4 is 107 Å². The lowest BCUT2D eigenvalue weighted by molar-refractivity contribution is -0.112. The van der Waals surface area contributed by atoms with Crippen LogP contribution in [0.2, 0.25) is 0 Å². The second kappa shape index (κ2) is 22.3. The van der Waals surface area contributed by atoms with Crippen LogP contribution in [0.1, 0.15) is 94.1 Å². The first-order valence-corrected chi connectivity index (χ1v) is 28.6. The van der Waals surface area contributed by atoms with Crippen LogP contribution in [0.5, 0.6) is 23.0 Å². The number of hydrogen-bond donors (Lipinski definition) is 6. The lowest BCUT2D eigenvalue weighted by atomic mass is 9.82. The smallest absolute Gasteiger partial charge is 0.296 e. The van der Waals surface area contributed by atoms with Gasteiger partial charge in [0.1, 0.15) is 55.5 Å². The zero-order valence-corrected chi connectivity index (χ0v) is 46.2. The van der Waals surface area contributed by atoms with Crippen molar-refractivity contribution in [2.45, 2.75) is 29.1 Å². The lowest BCUT2D eigenvalue weighted by Gasteiger charge is -2.23. The van der Waals surface area contributed by atoms with Crippen LogP contribution < -0.4 is 20.1 Å². The quantitative estimate of drug-likeness (QED) is 0.0335. The summed E-state index contributed by atoms with van der Waals surface area (Å²) in [6.07, 6.45) is 4.20. The monoisotopic (exact) mass is 1180 g/mol. The minimum absolute atomic E-state index is 0.0333.